The van der Waals surface area contributed by atoms with E-state index in [1.165, 1.54) is 5.56 Å². The predicted molar refractivity (Wildman–Crippen MR) is 97.8 cm³/mol. The summed E-state index contributed by atoms with van der Waals surface area (Å²) in [6, 6.07) is 11.1. The second-order valence-corrected chi connectivity index (χ2v) is 6.38. The Morgan fingerprint density at radius 3 is 2.54 bits per heavy atom. The molecule has 1 fully saturated rings. The van der Waals surface area contributed by atoms with E-state index in [0.717, 1.165) is 19.6 Å². The Bertz CT molecular complexity index is 978. The highest BCUT2D eigenvalue weighted by atomic mass is 16.2. The fraction of sp³-hybridized carbons (Fsp3) is 0.263. The fourth-order valence-electron chi connectivity index (χ4n) is 3.29. The van der Waals surface area contributed by atoms with Crippen LogP contribution in [0.4, 0.5) is 0 Å². The predicted octanol–water partition coefficient (Wildman–Crippen LogP) is 1.28. The summed E-state index contributed by atoms with van der Waals surface area (Å²) in [5.41, 5.74) is 1.19. The number of carbonyl (C=O) groups is 1. The summed E-state index contributed by atoms with van der Waals surface area (Å²) in [6.45, 7) is 3.68. The average Bonchev–Trinajstić information content (AvgIpc) is 2.69. The van der Waals surface area contributed by atoms with Crippen molar-refractivity contribution in [2.45, 2.75) is 6.54 Å². The Balaban J connectivity index is 1.47. The maximum atomic E-state index is 12.9. The molecule has 1 saturated heterocycles. The number of piperazine rings is 1. The van der Waals surface area contributed by atoms with Gasteiger partial charge >= 0.3 is 0 Å². The van der Waals surface area contributed by atoms with Gasteiger partial charge in [-0.25, -0.2) is 5.10 Å². The van der Waals surface area contributed by atoms with Crippen molar-refractivity contribution < 1.29 is 4.79 Å². The second-order valence-electron chi connectivity index (χ2n) is 6.38. The van der Waals surface area contributed by atoms with E-state index in [1.807, 2.05) is 18.3 Å². The third kappa shape index (κ3) is 3.21. The molecule has 1 aliphatic rings. The number of aromatic amines is 1. The number of fused-ring (bicyclic) bond motifs is 1. The minimum atomic E-state index is -0.279. The van der Waals surface area contributed by atoms with Gasteiger partial charge in [-0.1, -0.05) is 24.3 Å². The molecule has 0 unspecified atom stereocenters. The van der Waals surface area contributed by atoms with Gasteiger partial charge in [-0.05, 0) is 17.7 Å². The van der Waals surface area contributed by atoms with Crippen LogP contribution in [-0.4, -0.2) is 57.1 Å². The lowest BCUT2D eigenvalue weighted by Crippen LogP contribution is -2.48. The molecule has 1 N–H and O–H groups in total. The van der Waals surface area contributed by atoms with Crippen LogP contribution in [0.2, 0.25) is 0 Å². The van der Waals surface area contributed by atoms with Gasteiger partial charge in [0.2, 0.25) is 0 Å². The molecule has 0 aliphatic carbocycles. The van der Waals surface area contributed by atoms with Crippen molar-refractivity contribution in [2.75, 3.05) is 26.2 Å². The number of pyridine rings is 1. The summed E-state index contributed by atoms with van der Waals surface area (Å²) in [7, 11) is 0. The normalized spacial score (nSPS) is 15.3. The summed E-state index contributed by atoms with van der Waals surface area (Å²) in [6.07, 6.45) is 3.63. The summed E-state index contributed by atoms with van der Waals surface area (Å²) in [4.78, 5) is 33.0. The molecule has 0 bridgehead atoms. The van der Waals surface area contributed by atoms with Gasteiger partial charge in [0.1, 0.15) is 0 Å². The first-order valence-corrected chi connectivity index (χ1v) is 8.60. The molecular weight excluding hydrogens is 330 g/mol. The molecule has 1 amide bonds. The zero-order valence-corrected chi connectivity index (χ0v) is 14.3. The smallest absolute Gasteiger partial charge is 0.275 e. The molecule has 2 aromatic heterocycles. The van der Waals surface area contributed by atoms with E-state index in [1.54, 1.807) is 29.3 Å². The lowest BCUT2D eigenvalue weighted by Gasteiger charge is -2.34. The third-order valence-corrected chi connectivity index (χ3v) is 4.69. The number of hydrogen-bond donors (Lipinski definition) is 1. The number of carbonyl (C=O) groups excluding carboxylic acids is 1. The van der Waals surface area contributed by atoms with Crippen LogP contribution >= 0.6 is 0 Å². The monoisotopic (exact) mass is 349 g/mol. The van der Waals surface area contributed by atoms with Crippen molar-refractivity contribution in [3.05, 3.63) is 70.4 Å². The van der Waals surface area contributed by atoms with Crippen LogP contribution in [0.25, 0.3) is 10.8 Å². The minimum absolute atomic E-state index is 0.140. The van der Waals surface area contributed by atoms with Gasteiger partial charge in [0, 0.05) is 50.5 Å². The van der Waals surface area contributed by atoms with Crippen LogP contribution in [0.1, 0.15) is 16.1 Å². The molecule has 1 aliphatic heterocycles. The van der Waals surface area contributed by atoms with Crippen LogP contribution < -0.4 is 5.56 Å². The number of rotatable bonds is 3. The van der Waals surface area contributed by atoms with Gasteiger partial charge in [0.15, 0.2) is 5.69 Å². The van der Waals surface area contributed by atoms with Crippen molar-refractivity contribution in [1.82, 2.24) is 25.0 Å². The Morgan fingerprint density at radius 1 is 1.04 bits per heavy atom. The molecular formula is C19H19N5O2. The SMILES string of the molecule is O=C(c1n[nH]c(=O)c2ccccc12)N1CCN(Cc2cccnc2)CC1. The van der Waals surface area contributed by atoms with Crippen LogP contribution in [-0.2, 0) is 6.54 Å². The van der Waals surface area contributed by atoms with Crippen molar-refractivity contribution in [2.24, 2.45) is 0 Å². The van der Waals surface area contributed by atoms with Crippen molar-refractivity contribution in [1.29, 1.82) is 0 Å². The number of hydrogen-bond acceptors (Lipinski definition) is 5. The molecule has 1 aromatic carbocycles. The first kappa shape index (κ1) is 16.4. The molecule has 0 atom stereocenters. The van der Waals surface area contributed by atoms with Crippen LogP contribution in [0, 0.1) is 0 Å². The molecule has 26 heavy (non-hydrogen) atoms. The van der Waals surface area contributed by atoms with Crippen LogP contribution in [0.3, 0.4) is 0 Å². The average molecular weight is 349 g/mol. The Hall–Kier alpha value is -3.06. The third-order valence-electron chi connectivity index (χ3n) is 4.69. The highest BCUT2D eigenvalue weighted by molar-refractivity contribution is 6.04. The first-order chi connectivity index (χ1) is 12.7. The number of benzene rings is 1. The van der Waals surface area contributed by atoms with Gasteiger partial charge in [-0.15, -0.1) is 0 Å². The molecule has 3 aromatic rings. The fourth-order valence-corrected chi connectivity index (χ4v) is 3.29. The van der Waals surface area contributed by atoms with E-state index >= 15 is 0 Å². The number of nitrogens with one attached hydrogen (secondary N) is 1. The Kier molecular flexibility index (Phi) is 4.45. The summed E-state index contributed by atoms with van der Waals surface area (Å²) < 4.78 is 0. The molecule has 3 heterocycles. The van der Waals surface area contributed by atoms with Crippen molar-refractivity contribution in [3.8, 4) is 0 Å². The maximum absolute atomic E-state index is 12.9. The summed E-state index contributed by atoms with van der Waals surface area (Å²) in [5, 5.41) is 7.54. The van der Waals surface area contributed by atoms with Gasteiger partial charge in [0.25, 0.3) is 11.5 Å². The maximum Gasteiger partial charge on any atom is 0.275 e. The number of aromatic nitrogens is 3. The standard InChI is InChI=1S/C19H19N5O2/c25-18-16-6-2-1-5-15(16)17(21-22-18)19(26)24-10-8-23(9-11-24)13-14-4-3-7-20-12-14/h1-7,12H,8-11,13H2,(H,22,25). The van der Waals surface area contributed by atoms with E-state index in [9.17, 15) is 9.59 Å². The Morgan fingerprint density at radius 2 is 1.81 bits per heavy atom. The van der Waals surface area contributed by atoms with Crippen molar-refractivity contribution >= 4 is 16.7 Å². The number of nitrogens with zero attached hydrogens (tertiary/aromatic N) is 4. The molecule has 0 saturated carbocycles. The largest absolute Gasteiger partial charge is 0.335 e. The molecule has 4 rings (SSSR count). The van der Waals surface area contributed by atoms with Crippen LogP contribution in [0.15, 0.2) is 53.6 Å². The number of H-pyrrole nitrogens is 1. The van der Waals surface area contributed by atoms with E-state index in [4.69, 9.17) is 0 Å². The Labute approximate surface area is 150 Å². The van der Waals surface area contributed by atoms with E-state index in [2.05, 4.69) is 26.1 Å². The second kappa shape index (κ2) is 7.05. The number of amides is 1. The molecule has 7 nitrogen and oxygen atoms in total. The van der Waals surface area contributed by atoms with Gasteiger partial charge in [-0.2, -0.15) is 5.10 Å². The molecule has 0 spiro atoms. The van der Waals surface area contributed by atoms with Gasteiger partial charge in [-0.3, -0.25) is 19.5 Å². The highest BCUT2D eigenvalue weighted by Crippen LogP contribution is 2.16. The van der Waals surface area contributed by atoms with E-state index in [0.29, 0.717) is 29.6 Å². The van der Waals surface area contributed by atoms with E-state index < -0.39 is 0 Å². The van der Waals surface area contributed by atoms with Crippen LogP contribution in [0.5, 0.6) is 0 Å². The van der Waals surface area contributed by atoms with Crippen molar-refractivity contribution in [3.63, 3.8) is 0 Å². The zero-order chi connectivity index (χ0) is 17.9. The molecule has 0 radical (unpaired) electrons. The lowest BCUT2D eigenvalue weighted by atomic mass is 10.1. The summed E-state index contributed by atoms with van der Waals surface area (Å²) in [5.74, 6) is -0.140. The summed E-state index contributed by atoms with van der Waals surface area (Å²) >= 11 is 0. The van der Waals surface area contributed by atoms with E-state index in [-0.39, 0.29) is 11.5 Å². The quantitative estimate of drug-likeness (QED) is 0.770. The zero-order valence-electron chi connectivity index (χ0n) is 14.3. The molecule has 132 valence electrons. The lowest BCUT2D eigenvalue weighted by molar-refractivity contribution is 0.0623. The highest BCUT2D eigenvalue weighted by Gasteiger charge is 2.25. The van der Waals surface area contributed by atoms with Gasteiger partial charge < -0.3 is 4.90 Å². The van der Waals surface area contributed by atoms with Gasteiger partial charge in [0.05, 0.1) is 5.39 Å². The molecule has 7 heteroatoms. The first-order valence-electron chi connectivity index (χ1n) is 8.60. The minimum Gasteiger partial charge on any atom is -0.335 e. The topological polar surface area (TPSA) is 82.2 Å².